The van der Waals surface area contributed by atoms with Gasteiger partial charge in [0, 0.05) is 52.1 Å². The highest BCUT2D eigenvalue weighted by atomic mass is 32.2. The number of nitrogens with one attached hydrogen (secondary N) is 1. The average molecular weight is 504 g/mol. The monoisotopic (exact) mass is 503 g/mol. The van der Waals surface area contributed by atoms with E-state index in [1.54, 1.807) is 29.2 Å². The highest BCUT2D eigenvalue weighted by Gasteiger charge is 2.16. The third-order valence-corrected chi connectivity index (χ3v) is 7.28. The molecule has 2 N–H and O–H groups in total. The van der Waals surface area contributed by atoms with Gasteiger partial charge < -0.3 is 15.2 Å². The summed E-state index contributed by atoms with van der Waals surface area (Å²) in [5.74, 6) is 0.844. The second kappa shape index (κ2) is 9.21. The standard InChI is InChI=1S/C26H25N5O4S/c1-16-19(5-6-22-21(16)15-29-31(22)10-11-32)26-20-13-25(28-14-17(20)8-9-27-26)30-18-4-7-24(36(3,33)34)23(12-18)35-2/h4-9,12-15,32H,10-11H2,1-3H3,(H,28,30). The van der Waals surface area contributed by atoms with E-state index in [9.17, 15) is 13.5 Å². The number of ether oxygens (including phenoxy) is 1. The number of hydrogen-bond acceptors (Lipinski definition) is 8. The zero-order chi connectivity index (χ0) is 25.4. The number of fused-ring (bicyclic) bond motifs is 2. The van der Waals surface area contributed by atoms with E-state index in [2.05, 4.69) is 15.4 Å². The van der Waals surface area contributed by atoms with Crippen LogP contribution in [-0.4, -0.2) is 53.2 Å². The Balaban J connectivity index is 1.57. The first-order valence-corrected chi connectivity index (χ1v) is 13.2. The fourth-order valence-electron chi connectivity index (χ4n) is 4.37. The maximum Gasteiger partial charge on any atom is 0.179 e. The van der Waals surface area contributed by atoms with Crippen molar-refractivity contribution in [1.82, 2.24) is 19.7 Å². The summed E-state index contributed by atoms with van der Waals surface area (Å²) in [7, 11) is -1.98. The number of nitrogens with zero attached hydrogens (tertiary/aromatic N) is 4. The van der Waals surface area contributed by atoms with Crippen LogP contribution < -0.4 is 10.1 Å². The van der Waals surface area contributed by atoms with Gasteiger partial charge in [0.15, 0.2) is 9.84 Å². The van der Waals surface area contributed by atoms with Crippen LogP contribution in [0.15, 0.2) is 66.0 Å². The van der Waals surface area contributed by atoms with E-state index >= 15 is 0 Å². The maximum absolute atomic E-state index is 12.0. The lowest BCUT2D eigenvalue weighted by Crippen LogP contribution is -2.03. The molecule has 0 bridgehead atoms. The van der Waals surface area contributed by atoms with Crippen molar-refractivity contribution in [2.24, 2.45) is 0 Å². The zero-order valence-electron chi connectivity index (χ0n) is 20.1. The van der Waals surface area contributed by atoms with Crippen LogP contribution in [0.5, 0.6) is 5.75 Å². The summed E-state index contributed by atoms with van der Waals surface area (Å²) in [5.41, 5.74) is 4.45. The molecule has 3 heterocycles. The number of pyridine rings is 2. The molecule has 0 radical (unpaired) electrons. The van der Waals surface area contributed by atoms with Gasteiger partial charge in [-0.25, -0.2) is 13.4 Å². The van der Waals surface area contributed by atoms with Crippen molar-refractivity contribution in [2.45, 2.75) is 18.4 Å². The summed E-state index contributed by atoms with van der Waals surface area (Å²) < 4.78 is 31.1. The molecule has 0 fully saturated rings. The van der Waals surface area contributed by atoms with Gasteiger partial charge in [0.25, 0.3) is 0 Å². The minimum atomic E-state index is -3.42. The molecule has 3 aromatic heterocycles. The van der Waals surface area contributed by atoms with Crippen molar-refractivity contribution in [2.75, 3.05) is 25.3 Å². The number of benzene rings is 2. The summed E-state index contributed by atoms with van der Waals surface area (Å²) in [6, 6.07) is 12.7. The van der Waals surface area contributed by atoms with Gasteiger partial charge in [-0.2, -0.15) is 5.10 Å². The van der Waals surface area contributed by atoms with Crippen molar-refractivity contribution in [3.05, 3.63) is 66.6 Å². The van der Waals surface area contributed by atoms with Crippen LogP contribution in [0.2, 0.25) is 0 Å². The zero-order valence-corrected chi connectivity index (χ0v) is 20.9. The van der Waals surface area contributed by atoms with Crippen LogP contribution in [-0.2, 0) is 16.4 Å². The van der Waals surface area contributed by atoms with Gasteiger partial charge >= 0.3 is 0 Å². The molecule has 5 rings (SSSR count). The second-order valence-corrected chi connectivity index (χ2v) is 10.5. The summed E-state index contributed by atoms with van der Waals surface area (Å²) in [5, 5.41) is 19.8. The predicted molar refractivity (Wildman–Crippen MR) is 139 cm³/mol. The Bertz CT molecular complexity index is 1710. The summed E-state index contributed by atoms with van der Waals surface area (Å²) in [4.78, 5) is 9.34. The van der Waals surface area contributed by atoms with Crippen LogP contribution in [0.1, 0.15) is 5.56 Å². The van der Waals surface area contributed by atoms with Gasteiger partial charge in [-0.15, -0.1) is 0 Å². The van der Waals surface area contributed by atoms with E-state index in [-0.39, 0.29) is 17.3 Å². The molecule has 10 heteroatoms. The van der Waals surface area contributed by atoms with Crippen LogP contribution in [0, 0.1) is 6.92 Å². The predicted octanol–water partition coefficient (Wildman–Crippen LogP) is 4.10. The smallest absolute Gasteiger partial charge is 0.179 e. The SMILES string of the molecule is COc1cc(Nc2cc3c(-c4ccc5c(cnn5CCO)c4C)nccc3cn2)ccc1S(C)(=O)=O. The first-order valence-electron chi connectivity index (χ1n) is 11.3. The van der Waals surface area contributed by atoms with Crippen molar-refractivity contribution in [3.63, 3.8) is 0 Å². The number of hydrogen-bond donors (Lipinski definition) is 2. The molecule has 0 saturated heterocycles. The van der Waals surface area contributed by atoms with Crippen molar-refractivity contribution < 1.29 is 18.3 Å². The quantitative estimate of drug-likeness (QED) is 0.341. The Morgan fingerprint density at radius 1 is 1.06 bits per heavy atom. The van der Waals surface area contributed by atoms with E-state index in [4.69, 9.17) is 9.72 Å². The summed E-state index contributed by atoms with van der Waals surface area (Å²) in [6.45, 7) is 2.50. The highest BCUT2D eigenvalue weighted by molar-refractivity contribution is 7.90. The van der Waals surface area contributed by atoms with Gasteiger partial charge in [-0.05, 0) is 42.8 Å². The third kappa shape index (κ3) is 4.25. The van der Waals surface area contributed by atoms with Crippen LogP contribution in [0.25, 0.3) is 32.9 Å². The summed E-state index contributed by atoms with van der Waals surface area (Å²) >= 11 is 0. The number of methoxy groups -OCH3 is 1. The lowest BCUT2D eigenvalue weighted by molar-refractivity contribution is 0.271. The van der Waals surface area contributed by atoms with Gasteiger partial charge in [-0.1, -0.05) is 6.07 Å². The molecule has 2 aromatic carbocycles. The number of aliphatic hydroxyl groups is 1. The maximum atomic E-state index is 12.0. The Kier molecular flexibility index (Phi) is 6.07. The van der Waals surface area contributed by atoms with E-state index in [0.29, 0.717) is 18.1 Å². The molecule has 0 saturated carbocycles. The van der Waals surface area contributed by atoms with E-state index in [1.807, 2.05) is 37.4 Å². The third-order valence-electron chi connectivity index (χ3n) is 6.15. The minimum absolute atomic E-state index is 0.0219. The number of rotatable bonds is 7. The normalized spacial score (nSPS) is 11.8. The molecule has 0 aliphatic heterocycles. The van der Waals surface area contributed by atoms with Crippen LogP contribution in [0.3, 0.4) is 0 Å². The molecule has 0 unspecified atom stereocenters. The number of aromatic nitrogens is 4. The lowest BCUT2D eigenvalue weighted by Gasteiger charge is -2.13. The molecule has 0 aliphatic carbocycles. The Hall–Kier alpha value is -4.02. The molecule has 0 spiro atoms. The molecule has 184 valence electrons. The van der Waals surface area contributed by atoms with E-state index in [0.717, 1.165) is 44.8 Å². The molecular formula is C26H25N5O4S. The van der Waals surface area contributed by atoms with Gasteiger partial charge in [0.2, 0.25) is 0 Å². The summed E-state index contributed by atoms with van der Waals surface area (Å²) in [6.07, 6.45) is 6.50. The van der Waals surface area contributed by atoms with Crippen molar-refractivity contribution >= 4 is 43.0 Å². The molecule has 0 amide bonds. The first-order chi connectivity index (χ1) is 17.3. The van der Waals surface area contributed by atoms with Gasteiger partial charge in [0.05, 0.1) is 37.7 Å². The number of aliphatic hydroxyl groups excluding tert-OH is 1. The van der Waals surface area contributed by atoms with E-state index < -0.39 is 9.84 Å². The average Bonchev–Trinajstić information content (AvgIpc) is 3.27. The number of anilines is 2. The number of sulfone groups is 1. The van der Waals surface area contributed by atoms with Crippen LogP contribution in [0.4, 0.5) is 11.5 Å². The Morgan fingerprint density at radius 3 is 2.64 bits per heavy atom. The van der Waals surface area contributed by atoms with Crippen LogP contribution >= 0.6 is 0 Å². The first kappa shape index (κ1) is 23.7. The minimum Gasteiger partial charge on any atom is -0.495 e. The molecular weight excluding hydrogens is 478 g/mol. The van der Waals surface area contributed by atoms with Gasteiger partial charge in [0.1, 0.15) is 16.5 Å². The second-order valence-electron chi connectivity index (χ2n) is 8.48. The lowest BCUT2D eigenvalue weighted by atomic mass is 9.98. The molecule has 9 nitrogen and oxygen atoms in total. The van der Waals surface area contributed by atoms with Crippen molar-refractivity contribution in [1.29, 1.82) is 0 Å². The number of aryl methyl sites for hydroxylation is 1. The Morgan fingerprint density at radius 2 is 1.89 bits per heavy atom. The fourth-order valence-corrected chi connectivity index (χ4v) is 5.19. The topological polar surface area (TPSA) is 119 Å². The van der Waals surface area contributed by atoms with Crippen molar-refractivity contribution in [3.8, 4) is 17.0 Å². The molecule has 5 aromatic rings. The molecule has 36 heavy (non-hydrogen) atoms. The molecule has 0 atom stereocenters. The Labute approximate surface area is 208 Å². The van der Waals surface area contributed by atoms with E-state index in [1.165, 1.54) is 13.2 Å². The fraction of sp³-hybridized carbons (Fsp3) is 0.192. The molecule has 0 aliphatic rings. The largest absolute Gasteiger partial charge is 0.495 e. The van der Waals surface area contributed by atoms with Gasteiger partial charge in [-0.3, -0.25) is 9.67 Å². The highest BCUT2D eigenvalue weighted by Crippen LogP contribution is 2.34.